The molecule has 2 saturated heterocycles. The smallest absolute Gasteiger partial charge is 0.253 e. The number of carbonyl (C=O) groups excluding carboxylic acids is 1. The lowest BCUT2D eigenvalue weighted by atomic mass is 10.1. The van der Waals surface area contributed by atoms with Gasteiger partial charge in [0.15, 0.2) is 0 Å². The van der Waals surface area contributed by atoms with Crippen LogP contribution in [0.3, 0.4) is 0 Å². The first kappa shape index (κ1) is 19.2. The monoisotopic (exact) mass is 360 g/mol. The van der Waals surface area contributed by atoms with Gasteiger partial charge in [-0.05, 0) is 51.2 Å². The van der Waals surface area contributed by atoms with Crippen LogP contribution in [-0.4, -0.2) is 44.4 Å². The Morgan fingerprint density at radius 1 is 1.19 bits per heavy atom. The Balaban J connectivity index is 1.56. The predicted molar refractivity (Wildman–Crippen MR) is 105 cm³/mol. The first-order valence-corrected chi connectivity index (χ1v) is 10.1. The summed E-state index contributed by atoms with van der Waals surface area (Å²) in [5.41, 5.74) is 1.99. The lowest BCUT2D eigenvalue weighted by Gasteiger charge is -2.26. The lowest BCUT2D eigenvalue weighted by molar-refractivity contribution is -0.130. The summed E-state index contributed by atoms with van der Waals surface area (Å²) in [6.07, 6.45) is 7.97. The van der Waals surface area contributed by atoms with Gasteiger partial charge < -0.3 is 19.7 Å². The van der Waals surface area contributed by atoms with E-state index in [4.69, 9.17) is 9.47 Å². The van der Waals surface area contributed by atoms with Crippen LogP contribution < -0.4 is 10.2 Å². The summed E-state index contributed by atoms with van der Waals surface area (Å²) in [6.45, 7) is 5.21. The van der Waals surface area contributed by atoms with Gasteiger partial charge in [0, 0.05) is 19.7 Å². The maximum Gasteiger partial charge on any atom is 0.253 e. The molecular formula is C21H32N2O3. The molecule has 0 radical (unpaired) electrons. The van der Waals surface area contributed by atoms with Gasteiger partial charge in [0.1, 0.15) is 6.10 Å². The highest BCUT2D eigenvalue weighted by Crippen LogP contribution is 2.28. The second kappa shape index (κ2) is 9.93. The molecule has 0 saturated carbocycles. The molecule has 0 aliphatic carbocycles. The number of hydrogen-bond acceptors (Lipinski definition) is 4. The number of carbonyl (C=O) groups is 1. The van der Waals surface area contributed by atoms with Crippen LogP contribution in [0.15, 0.2) is 24.3 Å². The maximum absolute atomic E-state index is 12.6. The summed E-state index contributed by atoms with van der Waals surface area (Å²) in [7, 11) is 0. The average Bonchev–Trinajstić information content (AvgIpc) is 2.96. The number of para-hydroxylation sites is 2. The van der Waals surface area contributed by atoms with Gasteiger partial charge in [-0.1, -0.05) is 25.0 Å². The van der Waals surface area contributed by atoms with E-state index in [2.05, 4.69) is 16.3 Å². The molecule has 5 nitrogen and oxygen atoms in total. The van der Waals surface area contributed by atoms with Crippen molar-refractivity contribution in [1.29, 1.82) is 0 Å². The second-order valence-corrected chi connectivity index (χ2v) is 7.37. The first-order chi connectivity index (χ1) is 12.7. The molecule has 2 aliphatic heterocycles. The van der Waals surface area contributed by atoms with Crippen LogP contribution in [0.25, 0.3) is 0 Å². The summed E-state index contributed by atoms with van der Waals surface area (Å²) < 4.78 is 11.4. The van der Waals surface area contributed by atoms with Gasteiger partial charge in [-0.15, -0.1) is 0 Å². The Bertz CT molecular complexity index is 564. The van der Waals surface area contributed by atoms with Gasteiger partial charge in [-0.3, -0.25) is 4.79 Å². The molecule has 5 heteroatoms. The molecule has 144 valence electrons. The third kappa shape index (κ3) is 5.45. The standard InChI is InChI=1S/C21H32N2O3/c1-17(26-16-18-10-6-9-15-25-18)21(24)22-19-11-4-5-12-20(19)23-13-7-2-3-8-14-23/h4-5,11-12,17-18H,2-3,6-10,13-16H2,1H3,(H,22,24). The van der Waals surface area contributed by atoms with E-state index in [1.54, 1.807) is 0 Å². The zero-order chi connectivity index (χ0) is 18.2. The van der Waals surface area contributed by atoms with Crippen LogP contribution in [0, 0.1) is 0 Å². The van der Waals surface area contributed by atoms with Crippen molar-refractivity contribution in [2.75, 3.05) is 36.5 Å². The van der Waals surface area contributed by atoms with E-state index in [1.165, 1.54) is 32.1 Å². The summed E-state index contributed by atoms with van der Waals surface area (Å²) in [5, 5.41) is 3.07. The number of amides is 1. The Labute approximate surface area is 157 Å². The fraction of sp³-hybridized carbons (Fsp3) is 0.667. The van der Waals surface area contributed by atoms with Crippen LogP contribution in [0.5, 0.6) is 0 Å². The second-order valence-electron chi connectivity index (χ2n) is 7.37. The van der Waals surface area contributed by atoms with Gasteiger partial charge in [-0.25, -0.2) is 0 Å². The van der Waals surface area contributed by atoms with Crippen molar-refractivity contribution >= 4 is 17.3 Å². The summed E-state index contributed by atoms with van der Waals surface area (Å²) in [4.78, 5) is 15.0. The minimum atomic E-state index is -0.488. The van der Waals surface area contributed by atoms with Gasteiger partial charge in [0.05, 0.1) is 24.1 Å². The molecule has 1 amide bonds. The molecule has 2 unspecified atom stereocenters. The molecule has 1 aromatic rings. The van der Waals surface area contributed by atoms with Crippen molar-refractivity contribution in [2.45, 2.75) is 64.1 Å². The van der Waals surface area contributed by atoms with Crippen LogP contribution in [0.4, 0.5) is 11.4 Å². The molecule has 2 atom stereocenters. The highest BCUT2D eigenvalue weighted by atomic mass is 16.5. The highest BCUT2D eigenvalue weighted by molar-refractivity contribution is 5.97. The third-order valence-electron chi connectivity index (χ3n) is 5.28. The van der Waals surface area contributed by atoms with Crippen LogP contribution >= 0.6 is 0 Å². The number of anilines is 2. The number of benzene rings is 1. The van der Waals surface area contributed by atoms with Crippen LogP contribution in [-0.2, 0) is 14.3 Å². The molecule has 0 aromatic heterocycles. The van der Waals surface area contributed by atoms with Crippen LogP contribution in [0.2, 0.25) is 0 Å². The van der Waals surface area contributed by atoms with Crippen molar-refractivity contribution < 1.29 is 14.3 Å². The Hall–Kier alpha value is -1.59. The number of hydrogen-bond donors (Lipinski definition) is 1. The molecule has 1 aromatic carbocycles. The van der Waals surface area contributed by atoms with E-state index < -0.39 is 6.10 Å². The van der Waals surface area contributed by atoms with Crippen molar-refractivity contribution in [1.82, 2.24) is 0 Å². The molecule has 26 heavy (non-hydrogen) atoms. The molecule has 0 bridgehead atoms. The Morgan fingerprint density at radius 3 is 2.69 bits per heavy atom. The Morgan fingerprint density at radius 2 is 1.96 bits per heavy atom. The van der Waals surface area contributed by atoms with Crippen molar-refractivity contribution in [3.05, 3.63) is 24.3 Å². The van der Waals surface area contributed by atoms with E-state index in [-0.39, 0.29) is 12.0 Å². The zero-order valence-electron chi connectivity index (χ0n) is 15.9. The van der Waals surface area contributed by atoms with Gasteiger partial charge in [0.2, 0.25) is 0 Å². The van der Waals surface area contributed by atoms with Crippen molar-refractivity contribution in [2.24, 2.45) is 0 Å². The van der Waals surface area contributed by atoms with Crippen molar-refractivity contribution in [3.63, 3.8) is 0 Å². The van der Waals surface area contributed by atoms with Gasteiger partial charge >= 0.3 is 0 Å². The fourth-order valence-corrected chi connectivity index (χ4v) is 3.67. The largest absolute Gasteiger partial charge is 0.376 e. The predicted octanol–water partition coefficient (Wildman–Crippen LogP) is 3.98. The van der Waals surface area contributed by atoms with E-state index in [1.807, 2.05) is 25.1 Å². The SMILES string of the molecule is CC(OCC1CCCCO1)C(=O)Nc1ccccc1N1CCCCCC1. The van der Waals surface area contributed by atoms with Gasteiger partial charge in [0.25, 0.3) is 5.91 Å². The van der Waals surface area contributed by atoms with Crippen LogP contribution in [0.1, 0.15) is 51.9 Å². The normalized spacial score (nSPS) is 22.5. The number of rotatable bonds is 6. The molecule has 2 fully saturated rings. The molecular weight excluding hydrogens is 328 g/mol. The lowest BCUT2D eigenvalue weighted by Crippen LogP contribution is -2.33. The molecule has 1 N–H and O–H groups in total. The molecule has 2 heterocycles. The minimum absolute atomic E-state index is 0.0944. The quantitative estimate of drug-likeness (QED) is 0.834. The zero-order valence-corrected chi connectivity index (χ0v) is 15.9. The summed E-state index contributed by atoms with van der Waals surface area (Å²) >= 11 is 0. The van der Waals surface area contributed by atoms with E-state index in [0.29, 0.717) is 6.61 Å². The summed E-state index contributed by atoms with van der Waals surface area (Å²) in [6, 6.07) is 8.09. The van der Waals surface area contributed by atoms with Gasteiger partial charge in [-0.2, -0.15) is 0 Å². The number of nitrogens with zero attached hydrogens (tertiary/aromatic N) is 1. The Kier molecular flexibility index (Phi) is 7.32. The molecule has 3 rings (SSSR count). The average molecular weight is 360 g/mol. The molecule has 0 spiro atoms. The minimum Gasteiger partial charge on any atom is -0.376 e. The maximum atomic E-state index is 12.6. The van der Waals surface area contributed by atoms with E-state index in [0.717, 1.165) is 43.9 Å². The van der Waals surface area contributed by atoms with E-state index in [9.17, 15) is 4.79 Å². The fourth-order valence-electron chi connectivity index (χ4n) is 3.67. The topological polar surface area (TPSA) is 50.8 Å². The highest BCUT2D eigenvalue weighted by Gasteiger charge is 2.20. The third-order valence-corrected chi connectivity index (χ3v) is 5.28. The number of ether oxygens (including phenoxy) is 2. The van der Waals surface area contributed by atoms with Crippen molar-refractivity contribution in [3.8, 4) is 0 Å². The number of nitrogens with one attached hydrogen (secondary N) is 1. The molecule has 2 aliphatic rings. The first-order valence-electron chi connectivity index (χ1n) is 10.1. The van der Waals surface area contributed by atoms with E-state index >= 15 is 0 Å². The summed E-state index contributed by atoms with van der Waals surface area (Å²) in [5.74, 6) is -0.0944.